The zero-order chi connectivity index (χ0) is 23.1. The van der Waals surface area contributed by atoms with E-state index in [1.807, 2.05) is 0 Å². The maximum Gasteiger partial charge on any atom is 0.416 e. The molecule has 3 aromatic rings. The third-order valence-electron chi connectivity index (χ3n) is 4.11. The Bertz CT molecular complexity index is 1080. The molecule has 0 saturated heterocycles. The van der Waals surface area contributed by atoms with Gasteiger partial charge in [-0.3, -0.25) is 4.79 Å². The van der Waals surface area contributed by atoms with Crippen LogP contribution in [0.25, 0.3) is 0 Å². The van der Waals surface area contributed by atoms with Crippen LogP contribution in [0.3, 0.4) is 0 Å². The summed E-state index contributed by atoms with van der Waals surface area (Å²) in [7, 11) is 0. The quantitative estimate of drug-likeness (QED) is 0.390. The zero-order valence-electron chi connectivity index (χ0n) is 16.7. The highest BCUT2D eigenvalue weighted by atomic mass is 19.4. The average molecular weight is 450 g/mol. The van der Waals surface area contributed by atoms with Gasteiger partial charge in [-0.15, -0.1) is 5.10 Å². The predicted octanol–water partition coefficient (Wildman–Crippen LogP) is 2.69. The Morgan fingerprint density at radius 1 is 1.16 bits per heavy atom. The molecule has 0 radical (unpaired) electrons. The molecule has 1 aromatic carbocycles. The fraction of sp³-hybridized carbons (Fsp3) is 0.263. The minimum atomic E-state index is -4.38. The van der Waals surface area contributed by atoms with E-state index in [9.17, 15) is 18.0 Å². The molecule has 0 bridgehead atoms. The summed E-state index contributed by atoms with van der Waals surface area (Å²) in [6.45, 7) is 1.23. The van der Waals surface area contributed by atoms with Gasteiger partial charge in [0.25, 0.3) is 0 Å². The molecule has 0 aliphatic heterocycles. The second kappa shape index (κ2) is 9.85. The van der Waals surface area contributed by atoms with Crippen molar-refractivity contribution in [1.29, 1.82) is 0 Å². The maximum atomic E-state index is 12.6. The minimum absolute atomic E-state index is 0.00909. The van der Waals surface area contributed by atoms with Crippen molar-refractivity contribution in [2.75, 3.05) is 0 Å². The SMILES string of the molecule is CC(=NOCc1ccc(C(F)(F)F)cc1)c1ccc(OCc2nnnn2CC(=O)O)nc1. The van der Waals surface area contributed by atoms with Crippen LogP contribution in [0.5, 0.6) is 5.88 Å². The number of carboxylic acids is 1. The lowest BCUT2D eigenvalue weighted by Gasteiger charge is -2.08. The van der Waals surface area contributed by atoms with Gasteiger partial charge >= 0.3 is 12.1 Å². The number of ether oxygens (including phenoxy) is 1. The van der Waals surface area contributed by atoms with E-state index >= 15 is 0 Å². The molecule has 2 heterocycles. The van der Waals surface area contributed by atoms with Gasteiger partial charge in [0.15, 0.2) is 12.4 Å². The molecule has 0 aliphatic carbocycles. The molecule has 0 atom stereocenters. The molecule has 1 N–H and O–H groups in total. The summed E-state index contributed by atoms with van der Waals surface area (Å²) in [6, 6.07) is 7.89. The Labute approximate surface area is 179 Å². The van der Waals surface area contributed by atoms with Crippen LogP contribution in [-0.4, -0.2) is 42.0 Å². The number of alkyl halides is 3. The van der Waals surface area contributed by atoms with Crippen LogP contribution in [0.4, 0.5) is 13.2 Å². The van der Waals surface area contributed by atoms with E-state index in [1.54, 1.807) is 19.1 Å². The minimum Gasteiger partial charge on any atom is -0.480 e. The second-order valence-corrected chi connectivity index (χ2v) is 6.47. The second-order valence-electron chi connectivity index (χ2n) is 6.47. The number of hydrogen-bond acceptors (Lipinski definition) is 8. The van der Waals surface area contributed by atoms with Gasteiger partial charge in [-0.2, -0.15) is 13.2 Å². The molecule has 10 nitrogen and oxygen atoms in total. The number of oxime groups is 1. The summed E-state index contributed by atoms with van der Waals surface area (Å²) in [4.78, 5) is 20.1. The molecular weight excluding hydrogens is 433 g/mol. The lowest BCUT2D eigenvalue weighted by atomic mass is 10.1. The predicted molar refractivity (Wildman–Crippen MR) is 102 cm³/mol. The first-order valence-electron chi connectivity index (χ1n) is 9.11. The molecule has 0 unspecified atom stereocenters. The van der Waals surface area contributed by atoms with Gasteiger partial charge < -0.3 is 14.7 Å². The summed E-state index contributed by atoms with van der Waals surface area (Å²) in [5.74, 6) is -0.596. The van der Waals surface area contributed by atoms with Gasteiger partial charge in [0, 0.05) is 17.8 Å². The number of rotatable bonds is 9. The van der Waals surface area contributed by atoms with Crippen LogP contribution >= 0.6 is 0 Å². The van der Waals surface area contributed by atoms with Crippen LogP contribution in [0.2, 0.25) is 0 Å². The summed E-state index contributed by atoms with van der Waals surface area (Å²) in [5.41, 5.74) is 0.955. The highest BCUT2D eigenvalue weighted by molar-refractivity contribution is 5.98. The fourth-order valence-corrected chi connectivity index (χ4v) is 2.44. The molecule has 0 saturated carbocycles. The van der Waals surface area contributed by atoms with Gasteiger partial charge in [-0.1, -0.05) is 17.3 Å². The first-order valence-corrected chi connectivity index (χ1v) is 9.11. The third-order valence-corrected chi connectivity index (χ3v) is 4.11. The first kappa shape index (κ1) is 22.7. The highest BCUT2D eigenvalue weighted by Gasteiger charge is 2.29. The molecular formula is C19H17F3N6O4. The van der Waals surface area contributed by atoms with Gasteiger partial charge in [0.1, 0.15) is 13.2 Å². The lowest BCUT2D eigenvalue weighted by molar-refractivity contribution is -0.138. The molecule has 13 heteroatoms. The van der Waals surface area contributed by atoms with Crippen molar-refractivity contribution in [1.82, 2.24) is 25.2 Å². The number of benzene rings is 1. The molecule has 0 spiro atoms. The van der Waals surface area contributed by atoms with Gasteiger partial charge in [0.2, 0.25) is 5.88 Å². The number of tetrazole rings is 1. The number of nitrogens with zero attached hydrogens (tertiary/aromatic N) is 6. The van der Waals surface area contributed by atoms with Crippen LogP contribution in [0, 0.1) is 0 Å². The highest BCUT2D eigenvalue weighted by Crippen LogP contribution is 2.29. The van der Waals surface area contributed by atoms with Crippen molar-refractivity contribution in [2.24, 2.45) is 5.16 Å². The van der Waals surface area contributed by atoms with Gasteiger partial charge in [0.05, 0.1) is 11.3 Å². The Morgan fingerprint density at radius 3 is 2.53 bits per heavy atom. The van der Waals surface area contributed by atoms with E-state index in [4.69, 9.17) is 14.7 Å². The Balaban J connectivity index is 1.52. The van der Waals surface area contributed by atoms with E-state index < -0.39 is 17.7 Å². The molecule has 0 aliphatic rings. The van der Waals surface area contributed by atoms with Crippen LogP contribution in [-0.2, 0) is 35.6 Å². The standard InChI is InChI=1S/C19H17F3N6O4/c1-12(25-32-10-13-2-5-15(6-3-13)19(20,21)22)14-4-7-17(23-8-14)31-11-16-24-26-27-28(16)9-18(29)30/h2-8H,9-11H2,1H3,(H,29,30). The van der Waals surface area contributed by atoms with Crippen molar-refractivity contribution in [3.05, 3.63) is 65.1 Å². The average Bonchev–Trinajstić information content (AvgIpc) is 3.18. The maximum absolute atomic E-state index is 12.6. The van der Waals surface area contributed by atoms with Crippen LogP contribution in [0.1, 0.15) is 29.4 Å². The van der Waals surface area contributed by atoms with Crippen molar-refractivity contribution < 1.29 is 32.6 Å². The number of carboxylic acid groups (broad SMARTS) is 1. The number of halogens is 3. The van der Waals surface area contributed by atoms with E-state index in [-0.39, 0.29) is 31.5 Å². The van der Waals surface area contributed by atoms with Gasteiger partial charge in [-0.25, -0.2) is 9.67 Å². The Morgan fingerprint density at radius 2 is 1.91 bits per heavy atom. The molecule has 168 valence electrons. The smallest absolute Gasteiger partial charge is 0.416 e. The lowest BCUT2D eigenvalue weighted by Crippen LogP contribution is -2.15. The van der Waals surface area contributed by atoms with Crippen molar-refractivity contribution in [3.63, 3.8) is 0 Å². The van der Waals surface area contributed by atoms with E-state index in [2.05, 4.69) is 25.7 Å². The van der Waals surface area contributed by atoms with Gasteiger partial charge in [-0.05, 0) is 41.1 Å². The summed E-state index contributed by atoms with van der Waals surface area (Å²) in [6.07, 6.45) is -2.89. The topological polar surface area (TPSA) is 125 Å². The molecule has 2 aromatic heterocycles. The number of pyridine rings is 1. The van der Waals surface area contributed by atoms with Crippen LogP contribution < -0.4 is 4.74 Å². The largest absolute Gasteiger partial charge is 0.480 e. The van der Waals surface area contributed by atoms with Crippen molar-refractivity contribution in [3.8, 4) is 5.88 Å². The van der Waals surface area contributed by atoms with E-state index in [0.29, 0.717) is 16.8 Å². The summed E-state index contributed by atoms with van der Waals surface area (Å²) in [5, 5.41) is 23.4. The van der Waals surface area contributed by atoms with Crippen molar-refractivity contribution >= 4 is 11.7 Å². The normalized spacial score (nSPS) is 11.9. The molecule has 32 heavy (non-hydrogen) atoms. The van der Waals surface area contributed by atoms with E-state index in [0.717, 1.165) is 16.8 Å². The molecule has 0 fully saturated rings. The molecule has 0 amide bonds. The van der Waals surface area contributed by atoms with Crippen molar-refractivity contribution in [2.45, 2.75) is 32.9 Å². The summed E-state index contributed by atoms with van der Waals surface area (Å²) < 4.78 is 44.3. The number of aliphatic carboxylic acids is 1. The third kappa shape index (κ3) is 6.23. The number of carbonyl (C=O) groups is 1. The summed E-state index contributed by atoms with van der Waals surface area (Å²) >= 11 is 0. The Kier molecular flexibility index (Phi) is 6.97. The number of hydrogen-bond donors (Lipinski definition) is 1. The van der Waals surface area contributed by atoms with Crippen LogP contribution in [0.15, 0.2) is 47.8 Å². The monoisotopic (exact) mass is 450 g/mol. The number of aromatic nitrogens is 5. The first-order chi connectivity index (χ1) is 15.2. The molecule has 3 rings (SSSR count). The van der Waals surface area contributed by atoms with E-state index in [1.165, 1.54) is 18.3 Å². The fourth-order valence-electron chi connectivity index (χ4n) is 2.44. The zero-order valence-corrected chi connectivity index (χ0v) is 16.7. The Hall–Kier alpha value is -4.03.